The summed E-state index contributed by atoms with van der Waals surface area (Å²) in [5, 5.41) is 14.2. The van der Waals surface area contributed by atoms with Crippen LogP contribution in [0.5, 0.6) is 0 Å². The second kappa shape index (κ2) is 16.0. The number of carbonyl (C=O) groups is 1. The smallest absolute Gasteiger partial charge is 0.220 e. The normalized spacial score (nSPS) is 36.7. The lowest BCUT2D eigenvalue weighted by molar-refractivity contribution is -0.123. The van der Waals surface area contributed by atoms with Crippen LogP contribution in [-0.4, -0.2) is 57.3 Å². The predicted molar refractivity (Wildman–Crippen MR) is 177 cm³/mol. The zero-order valence-electron chi connectivity index (χ0n) is 28.2. The molecule has 4 rings (SSSR count). The van der Waals surface area contributed by atoms with Gasteiger partial charge in [0.25, 0.3) is 0 Å². The zero-order chi connectivity index (χ0) is 30.2. The number of fused-ring (bicyclic) bond motifs is 5. The molecule has 4 fully saturated rings. The van der Waals surface area contributed by atoms with Crippen LogP contribution in [0.3, 0.4) is 0 Å². The molecule has 4 aliphatic carbocycles. The summed E-state index contributed by atoms with van der Waals surface area (Å²) in [6.07, 6.45) is 18.1. The molecule has 6 heteroatoms. The molecule has 4 saturated carbocycles. The maximum Gasteiger partial charge on any atom is 0.220 e. The molecular weight excluding hydrogens is 518 g/mol. The summed E-state index contributed by atoms with van der Waals surface area (Å²) >= 11 is 0. The molecule has 0 aromatic heterocycles. The molecule has 0 heterocycles. The molecule has 9 atom stereocenters. The molecule has 0 spiro atoms. The fourth-order valence-electron chi connectivity index (χ4n) is 10.7. The summed E-state index contributed by atoms with van der Waals surface area (Å²) in [5.41, 5.74) is 6.59. The zero-order valence-corrected chi connectivity index (χ0v) is 28.2. The van der Waals surface area contributed by atoms with Gasteiger partial charge in [-0.05, 0) is 183 Å². The average molecular weight is 588 g/mol. The van der Waals surface area contributed by atoms with Crippen molar-refractivity contribution in [1.29, 1.82) is 0 Å². The number of rotatable bonds is 17. The third-order valence-corrected chi connectivity index (χ3v) is 12.9. The Hall–Kier alpha value is -0.690. The number of nitrogens with one attached hydrogen (secondary N) is 4. The average Bonchev–Trinajstić information content (AvgIpc) is 3.31. The van der Waals surface area contributed by atoms with Gasteiger partial charge in [0.2, 0.25) is 5.91 Å². The Balaban J connectivity index is 1.19. The molecule has 0 aromatic carbocycles. The molecular formula is C36H69N5O. The number of amides is 1. The molecule has 1 amide bonds. The summed E-state index contributed by atoms with van der Waals surface area (Å²) < 4.78 is 0. The molecule has 4 aliphatic rings. The minimum Gasteiger partial charge on any atom is -0.354 e. The van der Waals surface area contributed by atoms with Crippen molar-refractivity contribution in [3.05, 3.63) is 0 Å². The van der Waals surface area contributed by atoms with E-state index in [9.17, 15) is 4.79 Å². The van der Waals surface area contributed by atoms with E-state index in [0.29, 0.717) is 23.2 Å². The Morgan fingerprint density at radius 3 is 2.19 bits per heavy atom. The van der Waals surface area contributed by atoms with Crippen LogP contribution in [0.4, 0.5) is 0 Å². The molecule has 244 valence electrons. The molecule has 42 heavy (non-hydrogen) atoms. The van der Waals surface area contributed by atoms with Crippen molar-refractivity contribution in [3.63, 3.8) is 0 Å². The lowest BCUT2D eigenvalue weighted by atomic mass is 9.44. The van der Waals surface area contributed by atoms with Crippen LogP contribution < -0.4 is 27.0 Å². The topological polar surface area (TPSA) is 91.2 Å². The van der Waals surface area contributed by atoms with E-state index in [1.54, 1.807) is 0 Å². The summed E-state index contributed by atoms with van der Waals surface area (Å²) in [5.74, 6) is 5.40. The standard InChI is InChI=1S/C36H69N5O/c1-26(2)41-34(42)14-9-27(3)31-12-13-32-30-11-10-28-25-29(15-17-35(28,4)33(30)16-18-36(31,32)5)40-24-8-23-39-22-7-21-38-20-6-19-37/h26-33,38-40H,6-25,37H2,1-5H3,(H,41,42)/t27-,28?,29+,30?,31-,32?,33?,35+,36-/m1/s1. The number of hydrogen-bond donors (Lipinski definition) is 5. The fourth-order valence-corrected chi connectivity index (χ4v) is 10.7. The van der Waals surface area contributed by atoms with Gasteiger partial charge in [0.1, 0.15) is 0 Å². The lowest BCUT2D eigenvalue weighted by Crippen LogP contribution is -2.55. The third-order valence-electron chi connectivity index (χ3n) is 12.9. The van der Waals surface area contributed by atoms with E-state index >= 15 is 0 Å². The second-order valence-corrected chi connectivity index (χ2v) is 15.9. The van der Waals surface area contributed by atoms with Crippen molar-refractivity contribution < 1.29 is 4.79 Å². The van der Waals surface area contributed by atoms with Gasteiger partial charge in [-0.1, -0.05) is 20.8 Å². The number of nitrogens with two attached hydrogens (primary N) is 1. The van der Waals surface area contributed by atoms with Gasteiger partial charge in [-0.15, -0.1) is 0 Å². The summed E-state index contributed by atoms with van der Waals surface area (Å²) in [6.45, 7) is 18.3. The third kappa shape index (κ3) is 8.31. The van der Waals surface area contributed by atoms with Crippen LogP contribution in [0.15, 0.2) is 0 Å². The van der Waals surface area contributed by atoms with Crippen LogP contribution in [0.25, 0.3) is 0 Å². The second-order valence-electron chi connectivity index (χ2n) is 15.9. The first-order chi connectivity index (χ1) is 20.2. The van der Waals surface area contributed by atoms with Gasteiger partial charge in [-0.3, -0.25) is 4.79 Å². The summed E-state index contributed by atoms with van der Waals surface area (Å²) in [6, 6.07) is 0.973. The Morgan fingerprint density at radius 2 is 1.48 bits per heavy atom. The molecule has 0 aromatic rings. The van der Waals surface area contributed by atoms with Crippen molar-refractivity contribution in [2.75, 3.05) is 39.3 Å². The molecule has 6 N–H and O–H groups in total. The van der Waals surface area contributed by atoms with Gasteiger partial charge in [-0.2, -0.15) is 0 Å². The van der Waals surface area contributed by atoms with Gasteiger partial charge in [0, 0.05) is 18.5 Å². The van der Waals surface area contributed by atoms with Crippen LogP contribution in [-0.2, 0) is 4.79 Å². The molecule has 0 saturated heterocycles. The molecule has 6 nitrogen and oxygen atoms in total. The molecule has 0 bridgehead atoms. The first-order valence-corrected chi connectivity index (χ1v) is 18.3. The minimum absolute atomic E-state index is 0.242. The van der Waals surface area contributed by atoms with Crippen molar-refractivity contribution in [1.82, 2.24) is 21.3 Å². The van der Waals surface area contributed by atoms with Crippen molar-refractivity contribution >= 4 is 5.91 Å². The SMILES string of the molecule is CC(C)NC(=O)CC[C@@H](C)[C@H]1CCC2C3CCC4C[C@@H](NCCCNCCCNCCCN)CC[C@]4(C)C3CC[C@@]21C. The van der Waals surface area contributed by atoms with Crippen LogP contribution in [0.2, 0.25) is 0 Å². The van der Waals surface area contributed by atoms with E-state index in [2.05, 4.69) is 55.9 Å². The van der Waals surface area contributed by atoms with Crippen molar-refractivity contribution in [2.24, 2.45) is 52.1 Å². The van der Waals surface area contributed by atoms with Crippen molar-refractivity contribution in [2.45, 2.75) is 137 Å². The first kappa shape index (κ1) is 34.2. The maximum absolute atomic E-state index is 12.3. The van der Waals surface area contributed by atoms with Gasteiger partial charge in [0.15, 0.2) is 0 Å². The maximum atomic E-state index is 12.3. The Kier molecular flexibility index (Phi) is 13.1. The molecule has 4 unspecified atom stereocenters. The van der Waals surface area contributed by atoms with E-state index in [1.165, 1.54) is 70.6 Å². The van der Waals surface area contributed by atoms with E-state index in [-0.39, 0.29) is 11.9 Å². The van der Waals surface area contributed by atoms with Crippen molar-refractivity contribution in [3.8, 4) is 0 Å². The van der Waals surface area contributed by atoms with Gasteiger partial charge in [-0.25, -0.2) is 0 Å². The number of carbonyl (C=O) groups excluding carboxylic acids is 1. The fraction of sp³-hybridized carbons (Fsp3) is 0.972. The van der Waals surface area contributed by atoms with Gasteiger partial charge >= 0.3 is 0 Å². The highest BCUT2D eigenvalue weighted by molar-refractivity contribution is 5.76. The quantitative estimate of drug-likeness (QED) is 0.138. The number of hydrogen-bond acceptors (Lipinski definition) is 5. The highest BCUT2D eigenvalue weighted by Gasteiger charge is 2.60. The highest BCUT2D eigenvalue weighted by atomic mass is 16.1. The monoisotopic (exact) mass is 588 g/mol. The largest absolute Gasteiger partial charge is 0.354 e. The predicted octanol–water partition coefficient (Wildman–Crippen LogP) is 5.85. The van der Waals surface area contributed by atoms with Crippen LogP contribution >= 0.6 is 0 Å². The van der Waals surface area contributed by atoms with E-state index in [4.69, 9.17) is 5.73 Å². The van der Waals surface area contributed by atoms with Gasteiger partial charge < -0.3 is 27.0 Å². The van der Waals surface area contributed by atoms with E-state index < -0.39 is 0 Å². The Labute approximate surface area is 259 Å². The first-order valence-electron chi connectivity index (χ1n) is 18.3. The summed E-state index contributed by atoms with van der Waals surface area (Å²) in [7, 11) is 0. The van der Waals surface area contributed by atoms with Gasteiger partial charge in [0.05, 0.1) is 0 Å². The highest BCUT2D eigenvalue weighted by Crippen LogP contribution is 2.68. The minimum atomic E-state index is 0.242. The molecule has 0 radical (unpaired) electrons. The Morgan fingerprint density at radius 1 is 0.810 bits per heavy atom. The van der Waals surface area contributed by atoms with E-state index in [1.807, 2.05) is 0 Å². The summed E-state index contributed by atoms with van der Waals surface area (Å²) in [4.78, 5) is 12.3. The van der Waals surface area contributed by atoms with E-state index in [0.717, 1.165) is 87.7 Å². The Bertz CT molecular complexity index is 821. The molecule has 0 aliphatic heterocycles. The van der Waals surface area contributed by atoms with Crippen LogP contribution in [0.1, 0.15) is 125 Å². The lowest BCUT2D eigenvalue weighted by Gasteiger charge is -2.61. The van der Waals surface area contributed by atoms with Crippen LogP contribution in [0, 0.1) is 46.3 Å².